The van der Waals surface area contributed by atoms with Gasteiger partial charge in [-0.1, -0.05) is 80.1 Å². The minimum absolute atomic E-state index is 0.164. The molecule has 0 saturated carbocycles. The second-order valence-corrected chi connectivity index (χ2v) is 12.8. The summed E-state index contributed by atoms with van der Waals surface area (Å²) < 4.78 is 27.0. The highest BCUT2D eigenvalue weighted by molar-refractivity contribution is 7.92. The molecule has 0 radical (unpaired) electrons. The molecule has 0 aliphatic carbocycles. The second kappa shape index (κ2) is 13.6. The molecular formula is C32H41N3O4S. The summed E-state index contributed by atoms with van der Waals surface area (Å²) in [6.45, 7) is 10.0. The quantitative estimate of drug-likeness (QED) is 0.343. The second-order valence-electron chi connectivity index (χ2n) is 10.9. The van der Waals surface area contributed by atoms with E-state index in [0.717, 1.165) is 38.4 Å². The van der Waals surface area contributed by atoms with Gasteiger partial charge in [-0.05, 0) is 61.1 Å². The van der Waals surface area contributed by atoms with Gasteiger partial charge >= 0.3 is 0 Å². The summed E-state index contributed by atoms with van der Waals surface area (Å²) >= 11 is 0. The Labute approximate surface area is 239 Å². The van der Waals surface area contributed by atoms with Gasteiger partial charge in [-0.15, -0.1) is 0 Å². The lowest BCUT2D eigenvalue weighted by atomic mass is 10.0. The number of nitrogens with one attached hydrogen (secondary N) is 1. The average molecular weight is 564 g/mol. The van der Waals surface area contributed by atoms with Crippen molar-refractivity contribution in [1.29, 1.82) is 0 Å². The van der Waals surface area contributed by atoms with Crippen LogP contribution < -0.4 is 9.62 Å². The van der Waals surface area contributed by atoms with Gasteiger partial charge in [-0.2, -0.15) is 0 Å². The molecule has 214 valence electrons. The Morgan fingerprint density at radius 2 is 1.52 bits per heavy atom. The molecular weight excluding hydrogens is 522 g/mol. The van der Waals surface area contributed by atoms with E-state index in [1.807, 2.05) is 95.3 Å². The average Bonchev–Trinajstić information content (AvgIpc) is 2.89. The van der Waals surface area contributed by atoms with E-state index in [1.54, 1.807) is 12.1 Å². The van der Waals surface area contributed by atoms with Crippen LogP contribution in [0.3, 0.4) is 0 Å². The van der Waals surface area contributed by atoms with Crippen molar-refractivity contribution in [3.8, 4) is 0 Å². The molecule has 0 saturated heterocycles. The van der Waals surface area contributed by atoms with E-state index in [2.05, 4.69) is 5.32 Å². The molecule has 0 heterocycles. The SMILES string of the molecule is Cc1cccc(CN(C(=O)CN(c2ccc(C)c(C)c2)S(C)(=O)=O)C(Cc2ccccc2)C(=O)NCC(C)C)c1. The zero-order valence-electron chi connectivity index (χ0n) is 24.3. The first-order valence-corrected chi connectivity index (χ1v) is 15.4. The molecule has 1 atom stereocenters. The highest BCUT2D eigenvalue weighted by Crippen LogP contribution is 2.23. The van der Waals surface area contributed by atoms with E-state index in [-0.39, 0.29) is 18.4 Å². The number of anilines is 1. The number of hydrogen-bond acceptors (Lipinski definition) is 4. The Balaban J connectivity index is 2.06. The van der Waals surface area contributed by atoms with Gasteiger partial charge < -0.3 is 10.2 Å². The molecule has 3 aromatic carbocycles. The van der Waals surface area contributed by atoms with Gasteiger partial charge in [0, 0.05) is 19.5 Å². The van der Waals surface area contributed by atoms with Crippen molar-refractivity contribution >= 4 is 27.5 Å². The Hall–Kier alpha value is -3.65. The molecule has 1 unspecified atom stereocenters. The molecule has 0 spiro atoms. The third kappa shape index (κ3) is 8.68. The lowest BCUT2D eigenvalue weighted by Crippen LogP contribution is -2.53. The van der Waals surface area contributed by atoms with Crippen LogP contribution in [0, 0.1) is 26.7 Å². The molecule has 2 amide bonds. The molecule has 3 aromatic rings. The van der Waals surface area contributed by atoms with Crippen LogP contribution in [0.5, 0.6) is 0 Å². The standard InChI is InChI=1S/C32H41N3O4S/c1-23(2)20-33-32(37)30(19-27-12-8-7-9-13-27)34(21-28-14-10-11-24(3)17-28)31(36)22-35(40(6,38)39)29-16-15-25(4)26(5)18-29/h7-18,23,30H,19-22H2,1-6H3,(H,33,37). The fraction of sp³-hybridized carbons (Fsp3) is 0.375. The Morgan fingerprint density at radius 1 is 0.850 bits per heavy atom. The van der Waals surface area contributed by atoms with Crippen molar-refractivity contribution in [3.05, 3.63) is 101 Å². The van der Waals surface area contributed by atoms with E-state index in [0.29, 0.717) is 18.7 Å². The summed E-state index contributed by atoms with van der Waals surface area (Å²) in [5.74, 6) is -0.491. The number of carbonyl (C=O) groups is 2. The summed E-state index contributed by atoms with van der Waals surface area (Å²) in [5.41, 5.74) is 5.16. The van der Waals surface area contributed by atoms with Crippen LogP contribution >= 0.6 is 0 Å². The van der Waals surface area contributed by atoms with Crippen LogP contribution in [0.25, 0.3) is 0 Å². The van der Waals surface area contributed by atoms with Crippen molar-refractivity contribution in [1.82, 2.24) is 10.2 Å². The van der Waals surface area contributed by atoms with Crippen LogP contribution in [-0.4, -0.2) is 50.5 Å². The number of benzene rings is 3. The number of hydrogen-bond donors (Lipinski definition) is 1. The lowest BCUT2D eigenvalue weighted by Gasteiger charge is -2.33. The van der Waals surface area contributed by atoms with Crippen LogP contribution in [-0.2, 0) is 32.6 Å². The topological polar surface area (TPSA) is 86.8 Å². The Kier molecular flexibility index (Phi) is 10.5. The van der Waals surface area contributed by atoms with Gasteiger partial charge in [0.1, 0.15) is 12.6 Å². The van der Waals surface area contributed by atoms with Crippen LogP contribution in [0.15, 0.2) is 72.8 Å². The first-order valence-electron chi connectivity index (χ1n) is 13.6. The molecule has 1 N–H and O–H groups in total. The highest BCUT2D eigenvalue weighted by Gasteiger charge is 2.33. The highest BCUT2D eigenvalue weighted by atomic mass is 32.2. The van der Waals surface area contributed by atoms with E-state index in [1.165, 1.54) is 4.90 Å². The number of sulfonamides is 1. The third-order valence-electron chi connectivity index (χ3n) is 6.85. The fourth-order valence-electron chi connectivity index (χ4n) is 4.48. The number of aryl methyl sites for hydroxylation is 3. The fourth-order valence-corrected chi connectivity index (χ4v) is 5.32. The Bertz CT molecular complexity index is 1420. The maximum Gasteiger partial charge on any atom is 0.244 e. The van der Waals surface area contributed by atoms with Crippen molar-refractivity contribution < 1.29 is 18.0 Å². The van der Waals surface area contributed by atoms with E-state index in [9.17, 15) is 18.0 Å². The summed E-state index contributed by atoms with van der Waals surface area (Å²) in [6.07, 6.45) is 1.39. The summed E-state index contributed by atoms with van der Waals surface area (Å²) in [7, 11) is -3.80. The first-order chi connectivity index (χ1) is 18.8. The van der Waals surface area contributed by atoms with Crippen molar-refractivity contribution in [3.63, 3.8) is 0 Å². The predicted molar refractivity (Wildman–Crippen MR) is 162 cm³/mol. The summed E-state index contributed by atoms with van der Waals surface area (Å²) in [6, 6.07) is 21.8. The minimum Gasteiger partial charge on any atom is -0.354 e. The van der Waals surface area contributed by atoms with Gasteiger partial charge in [-0.3, -0.25) is 13.9 Å². The number of nitrogens with zero attached hydrogens (tertiary/aromatic N) is 2. The maximum atomic E-state index is 14.1. The van der Waals surface area contributed by atoms with Crippen molar-refractivity contribution in [2.45, 2.75) is 53.6 Å². The number of rotatable bonds is 12. The molecule has 0 aromatic heterocycles. The molecule has 0 aliphatic heterocycles. The summed E-state index contributed by atoms with van der Waals surface area (Å²) in [4.78, 5) is 29.3. The van der Waals surface area contributed by atoms with Gasteiger partial charge in [-0.25, -0.2) is 8.42 Å². The summed E-state index contributed by atoms with van der Waals surface area (Å²) in [5, 5.41) is 3.00. The smallest absolute Gasteiger partial charge is 0.244 e. The Morgan fingerprint density at radius 3 is 2.12 bits per heavy atom. The molecule has 8 heteroatoms. The van der Waals surface area contributed by atoms with E-state index < -0.39 is 28.5 Å². The lowest BCUT2D eigenvalue weighted by molar-refractivity contribution is -0.140. The van der Waals surface area contributed by atoms with E-state index in [4.69, 9.17) is 0 Å². The maximum absolute atomic E-state index is 14.1. The van der Waals surface area contributed by atoms with Crippen molar-refractivity contribution in [2.75, 3.05) is 23.7 Å². The van der Waals surface area contributed by atoms with Gasteiger partial charge in [0.15, 0.2) is 0 Å². The minimum atomic E-state index is -3.80. The van der Waals surface area contributed by atoms with Gasteiger partial charge in [0.05, 0.1) is 11.9 Å². The zero-order chi connectivity index (χ0) is 29.4. The first kappa shape index (κ1) is 30.9. The largest absolute Gasteiger partial charge is 0.354 e. The molecule has 7 nitrogen and oxygen atoms in total. The van der Waals surface area contributed by atoms with Crippen LogP contribution in [0.1, 0.15) is 41.7 Å². The number of amides is 2. The molecule has 0 aliphatic rings. The van der Waals surface area contributed by atoms with Crippen LogP contribution in [0.4, 0.5) is 5.69 Å². The molecule has 0 bridgehead atoms. The monoisotopic (exact) mass is 563 g/mol. The third-order valence-corrected chi connectivity index (χ3v) is 7.99. The van der Waals surface area contributed by atoms with E-state index >= 15 is 0 Å². The molecule has 3 rings (SSSR count). The van der Waals surface area contributed by atoms with Gasteiger partial charge in [0.25, 0.3) is 0 Å². The van der Waals surface area contributed by atoms with Crippen LogP contribution in [0.2, 0.25) is 0 Å². The predicted octanol–water partition coefficient (Wildman–Crippen LogP) is 4.79. The van der Waals surface area contributed by atoms with Crippen molar-refractivity contribution in [2.24, 2.45) is 5.92 Å². The van der Waals surface area contributed by atoms with Gasteiger partial charge in [0.2, 0.25) is 21.8 Å². The zero-order valence-corrected chi connectivity index (χ0v) is 25.2. The normalized spacial score (nSPS) is 12.2. The number of carbonyl (C=O) groups excluding carboxylic acids is 2. The molecule has 0 fully saturated rings. The molecule has 40 heavy (non-hydrogen) atoms.